The first kappa shape index (κ1) is 22.8. The molecule has 0 saturated carbocycles. The van der Waals surface area contributed by atoms with Gasteiger partial charge in [-0.3, -0.25) is 14.3 Å². The van der Waals surface area contributed by atoms with Crippen LogP contribution in [0.25, 0.3) is 11.1 Å². The summed E-state index contributed by atoms with van der Waals surface area (Å²) in [5, 5.41) is 4.32. The number of hydrogen-bond acceptors (Lipinski definition) is 3. The number of likely N-dealkylation sites (N-methyl/N-ethyl adjacent to an activating group) is 1. The van der Waals surface area contributed by atoms with Gasteiger partial charge in [0.2, 0.25) is 5.91 Å². The summed E-state index contributed by atoms with van der Waals surface area (Å²) < 4.78 is 1.79. The summed E-state index contributed by atoms with van der Waals surface area (Å²) in [6, 6.07) is 18.7. The van der Waals surface area contributed by atoms with Gasteiger partial charge in [-0.05, 0) is 43.9 Å². The molecule has 0 bridgehead atoms. The Morgan fingerprint density at radius 3 is 2.48 bits per heavy atom. The van der Waals surface area contributed by atoms with Gasteiger partial charge in [0, 0.05) is 38.4 Å². The molecule has 6 heteroatoms. The molecular formula is C27H32N4O2. The van der Waals surface area contributed by atoms with Crippen LogP contribution in [0.2, 0.25) is 0 Å². The molecule has 33 heavy (non-hydrogen) atoms. The van der Waals surface area contributed by atoms with Crippen molar-refractivity contribution in [3.05, 3.63) is 78.1 Å². The number of nitrogens with zero attached hydrogens (tertiary/aromatic N) is 4. The van der Waals surface area contributed by atoms with Crippen molar-refractivity contribution in [2.75, 3.05) is 26.2 Å². The smallest absolute Gasteiger partial charge is 0.257 e. The summed E-state index contributed by atoms with van der Waals surface area (Å²) in [5.74, 6) is -0.232. The highest BCUT2D eigenvalue weighted by molar-refractivity contribution is 5.94. The molecule has 1 fully saturated rings. The number of carbonyl (C=O) groups excluding carboxylic acids is 2. The Labute approximate surface area is 195 Å². The van der Waals surface area contributed by atoms with Gasteiger partial charge in [-0.1, -0.05) is 54.6 Å². The van der Waals surface area contributed by atoms with Crippen molar-refractivity contribution < 1.29 is 9.59 Å². The third-order valence-electron chi connectivity index (χ3n) is 6.36. The van der Waals surface area contributed by atoms with E-state index < -0.39 is 0 Å². The molecule has 3 aromatic rings. The van der Waals surface area contributed by atoms with E-state index in [2.05, 4.69) is 29.4 Å². The van der Waals surface area contributed by atoms with Crippen LogP contribution in [-0.4, -0.2) is 57.6 Å². The maximum Gasteiger partial charge on any atom is 0.257 e. The maximum absolute atomic E-state index is 13.4. The number of rotatable bonds is 6. The highest BCUT2D eigenvalue weighted by atomic mass is 16.2. The van der Waals surface area contributed by atoms with Crippen LogP contribution in [0.4, 0.5) is 0 Å². The van der Waals surface area contributed by atoms with Crippen LogP contribution in [0.1, 0.15) is 42.7 Å². The normalized spacial score (nSPS) is 16.8. The lowest BCUT2D eigenvalue weighted by Crippen LogP contribution is -2.38. The summed E-state index contributed by atoms with van der Waals surface area (Å²) in [7, 11) is 0. The molecule has 1 atom stereocenters. The molecular weight excluding hydrogens is 412 g/mol. The minimum absolute atomic E-state index is 0.0611. The molecule has 6 nitrogen and oxygen atoms in total. The van der Waals surface area contributed by atoms with E-state index in [9.17, 15) is 9.59 Å². The third kappa shape index (κ3) is 5.00. The molecule has 0 spiro atoms. The predicted octanol–water partition coefficient (Wildman–Crippen LogP) is 4.29. The topological polar surface area (TPSA) is 58.4 Å². The molecule has 4 rings (SSSR count). The van der Waals surface area contributed by atoms with Gasteiger partial charge in [0.05, 0.1) is 17.7 Å². The highest BCUT2D eigenvalue weighted by Gasteiger charge is 2.33. The molecule has 1 aliphatic rings. The zero-order valence-electron chi connectivity index (χ0n) is 19.6. The van der Waals surface area contributed by atoms with Crippen molar-refractivity contribution in [1.29, 1.82) is 0 Å². The van der Waals surface area contributed by atoms with Crippen LogP contribution >= 0.6 is 0 Å². The Morgan fingerprint density at radius 2 is 1.79 bits per heavy atom. The van der Waals surface area contributed by atoms with Crippen LogP contribution in [0.5, 0.6) is 0 Å². The first-order valence-corrected chi connectivity index (χ1v) is 11.7. The fraction of sp³-hybridized carbons (Fsp3) is 0.370. The minimum Gasteiger partial charge on any atom is -0.341 e. The summed E-state index contributed by atoms with van der Waals surface area (Å²) >= 11 is 0. The fourth-order valence-corrected chi connectivity index (χ4v) is 4.47. The summed E-state index contributed by atoms with van der Waals surface area (Å²) in [5.41, 5.74) is 3.97. The van der Waals surface area contributed by atoms with Crippen molar-refractivity contribution in [2.24, 2.45) is 5.92 Å². The molecule has 2 aromatic carbocycles. The van der Waals surface area contributed by atoms with Crippen LogP contribution in [0.3, 0.4) is 0 Å². The maximum atomic E-state index is 13.4. The average Bonchev–Trinajstić information content (AvgIpc) is 3.28. The second-order valence-corrected chi connectivity index (χ2v) is 8.90. The van der Waals surface area contributed by atoms with Crippen LogP contribution in [0.15, 0.2) is 67.0 Å². The van der Waals surface area contributed by atoms with Crippen molar-refractivity contribution in [1.82, 2.24) is 19.6 Å². The van der Waals surface area contributed by atoms with Gasteiger partial charge in [-0.25, -0.2) is 0 Å². The summed E-state index contributed by atoms with van der Waals surface area (Å²) in [6.07, 6.45) is 4.03. The summed E-state index contributed by atoms with van der Waals surface area (Å²) in [6.45, 7) is 8.19. The molecule has 1 aromatic heterocycles. The Balaban J connectivity index is 1.61. The monoisotopic (exact) mass is 444 g/mol. The fourth-order valence-electron chi connectivity index (χ4n) is 4.47. The largest absolute Gasteiger partial charge is 0.341 e. The predicted molar refractivity (Wildman–Crippen MR) is 130 cm³/mol. The van der Waals surface area contributed by atoms with Crippen molar-refractivity contribution in [3.63, 3.8) is 0 Å². The van der Waals surface area contributed by atoms with Crippen LogP contribution in [-0.2, 0) is 11.2 Å². The zero-order valence-corrected chi connectivity index (χ0v) is 19.6. The molecule has 0 N–H and O–H groups in total. The highest BCUT2D eigenvalue weighted by Crippen LogP contribution is 2.27. The molecule has 2 heterocycles. The SMILES string of the molecule is CCN1CCN(C(=O)c2cnn(C(C)C)c2)C[C@H](Cc2ccccc2-c2ccccc2)C1=O. The van der Waals surface area contributed by atoms with Crippen LogP contribution in [0, 0.1) is 5.92 Å². The molecule has 2 amide bonds. The second kappa shape index (κ2) is 10.0. The average molecular weight is 445 g/mol. The summed E-state index contributed by atoms with van der Waals surface area (Å²) in [4.78, 5) is 30.4. The van der Waals surface area contributed by atoms with Gasteiger partial charge in [0.1, 0.15) is 0 Å². The van der Waals surface area contributed by atoms with Crippen molar-refractivity contribution in [3.8, 4) is 11.1 Å². The van der Waals surface area contributed by atoms with E-state index in [1.807, 2.05) is 60.9 Å². The third-order valence-corrected chi connectivity index (χ3v) is 6.36. The molecule has 1 aliphatic heterocycles. The zero-order chi connectivity index (χ0) is 23.4. The first-order chi connectivity index (χ1) is 16.0. The van der Waals surface area contributed by atoms with Crippen molar-refractivity contribution in [2.45, 2.75) is 33.2 Å². The van der Waals surface area contributed by atoms with Gasteiger partial charge in [-0.2, -0.15) is 5.10 Å². The van der Waals surface area contributed by atoms with Crippen molar-refractivity contribution >= 4 is 11.8 Å². The lowest BCUT2D eigenvalue weighted by Gasteiger charge is -2.24. The Bertz CT molecular complexity index is 1110. The quantitative estimate of drug-likeness (QED) is 0.570. The Hall–Kier alpha value is -3.41. The van der Waals surface area contributed by atoms with Crippen LogP contribution < -0.4 is 0 Å². The van der Waals surface area contributed by atoms with Gasteiger partial charge in [-0.15, -0.1) is 0 Å². The Kier molecular flexibility index (Phi) is 6.92. The first-order valence-electron chi connectivity index (χ1n) is 11.7. The standard InChI is InChI=1S/C27H32N4O2/c1-4-29-14-15-30(27(33)24-17-28-31(19-24)20(2)3)18-23(26(29)32)16-22-12-8-9-13-25(22)21-10-6-5-7-11-21/h5-13,17,19-20,23H,4,14-16,18H2,1-3H3/t23-/m0/s1. The van der Waals surface area contributed by atoms with E-state index in [0.29, 0.717) is 38.2 Å². The second-order valence-electron chi connectivity index (χ2n) is 8.90. The molecule has 1 saturated heterocycles. The lowest BCUT2D eigenvalue weighted by atomic mass is 9.91. The minimum atomic E-state index is -0.290. The number of hydrogen-bond donors (Lipinski definition) is 0. The molecule has 0 unspecified atom stereocenters. The van der Waals surface area contributed by atoms with Gasteiger partial charge < -0.3 is 9.80 Å². The molecule has 0 aliphatic carbocycles. The molecule has 172 valence electrons. The van der Waals surface area contributed by atoms with E-state index >= 15 is 0 Å². The van der Waals surface area contributed by atoms with E-state index in [1.54, 1.807) is 17.1 Å². The van der Waals surface area contributed by atoms with E-state index in [4.69, 9.17) is 0 Å². The van der Waals surface area contributed by atoms with Gasteiger partial charge in [0.25, 0.3) is 5.91 Å². The van der Waals surface area contributed by atoms with Gasteiger partial charge in [0.15, 0.2) is 0 Å². The molecule has 0 radical (unpaired) electrons. The van der Waals surface area contributed by atoms with E-state index in [1.165, 1.54) is 0 Å². The number of aromatic nitrogens is 2. The van der Waals surface area contributed by atoms with E-state index in [-0.39, 0.29) is 23.8 Å². The number of carbonyl (C=O) groups is 2. The van der Waals surface area contributed by atoms with E-state index in [0.717, 1.165) is 16.7 Å². The number of benzene rings is 2. The van der Waals surface area contributed by atoms with Gasteiger partial charge >= 0.3 is 0 Å². The number of amides is 2. The lowest BCUT2D eigenvalue weighted by molar-refractivity contribution is -0.134. The Morgan fingerprint density at radius 1 is 1.06 bits per heavy atom.